The molecule has 0 unspecified atom stereocenters. The van der Waals surface area contributed by atoms with Crippen LogP contribution >= 0.6 is 0 Å². The fourth-order valence-electron chi connectivity index (χ4n) is 1.61. The number of carbonyl (C=O) groups excluding carboxylic acids is 1. The van der Waals surface area contributed by atoms with E-state index in [2.05, 4.69) is 5.10 Å². The highest BCUT2D eigenvalue weighted by molar-refractivity contribution is 5.91. The fraction of sp³-hybridized carbons (Fsp3) is 0.231. The van der Waals surface area contributed by atoms with Crippen LogP contribution in [0.3, 0.4) is 0 Å². The van der Waals surface area contributed by atoms with Crippen molar-refractivity contribution in [2.75, 3.05) is 19.5 Å². The first-order valence-electron chi connectivity index (χ1n) is 5.78. The van der Waals surface area contributed by atoms with Gasteiger partial charge in [-0.2, -0.15) is 5.10 Å². The van der Waals surface area contributed by atoms with Crippen molar-refractivity contribution in [2.24, 2.45) is 0 Å². The molecule has 100 valence electrons. The maximum absolute atomic E-state index is 11.8. The van der Waals surface area contributed by atoms with Crippen LogP contribution in [0.2, 0.25) is 0 Å². The van der Waals surface area contributed by atoms with Crippen LogP contribution < -0.4 is 10.5 Å². The van der Waals surface area contributed by atoms with E-state index in [0.717, 1.165) is 0 Å². The van der Waals surface area contributed by atoms with Gasteiger partial charge < -0.3 is 15.2 Å². The summed E-state index contributed by atoms with van der Waals surface area (Å²) in [5, 5.41) is 4.01. The summed E-state index contributed by atoms with van der Waals surface area (Å²) in [5.41, 5.74) is 6.51. The Morgan fingerprint density at radius 2 is 2.26 bits per heavy atom. The monoisotopic (exact) mass is 261 g/mol. The summed E-state index contributed by atoms with van der Waals surface area (Å²) in [6.07, 6.45) is 3.47. The summed E-state index contributed by atoms with van der Waals surface area (Å²) in [5.74, 6) is 0.0942. The molecular weight excluding hydrogens is 246 g/mol. The first kappa shape index (κ1) is 12.9. The number of ether oxygens (including phenoxy) is 2. The first-order valence-corrected chi connectivity index (χ1v) is 5.78. The van der Waals surface area contributed by atoms with Crippen molar-refractivity contribution >= 4 is 11.7 Å². The van der Waals surface area contributed by atoms with Gasteiger partial charge in [-0.25, -0.2) is 4.79 Å². The molecule has 0 bridgehead atoms. The third-order valence-corrected chi connectivity index (χ3v) is 2.51. The Kier molecular flexibility index (Phi) is 4.02. The number of methoxy groups -OCH3 is 1. The van der Waals surface area contributed by atoms with Gasteiger partial charge in [-0.05, 0) is 18.2 Å². The molecule has 0 aliphatic carbocycles. The van der Waals surface area contributed by atoms with Crippen LogP contribution in [0.25, 0.3) is 0 Å². The summed E-state index contributed by atoms with van der Waals surface area (Å²) in [4.78, 5) is 11.8. The van der Waals surface area contributed by atoms with E-state index in [1.54, 1.807) is 35.3 Å². The largest absolute Gasteiger partial charge is 0.497 e. The van der Waals surface area contributed by atoms with Crippen molar-refractivity contribution in [3.05, 3.63) is 42.2 Å². The Bertz CT molecular complexity index is 552. The molecular formula is C13H15N3O3. The average Bonchev–Trinajstić information content (AvgIpc) is 2.91. The predicted octanol–water partition coefficient (Wildman–Crippen LogP) is 1.33. The lowest BCUT2D eigenvalue weighted by molar-refractivity contribution is 0.0487. The summed E-state index contributed by atoms with van der Waals surface area (Å²) in [6, 6.07) is 6.59. The molecule has 6 heteroatoms. The molecule has 1 aromatic heterocycles. The van der Waals surface area contributed by atoms with Gasteiger partial charge in [0.1, 0.15) is 12.4 Å². The molecule has 2 N–H and O–H groups in total. The third kappa shape index (κ3) is 3.48. The number of hydrogen-bond acceptors (Lipinski definition) is 5. The minimum Gasteiger partial charge on any atom is -0.497 e. The molecule has 0 radical (unpaired) electrons. The van der Waals surface area contributed by atoms with E-state index in [4.69, 9.17) is 15.2 Å². The maximum Gasteiger partial charge on any atom is 0.338 e. The van der Waals surface area contributed by atoms with Gasteiger partial charge in [-0.1, -0.05) is 0 Å². The topological polar surface area (TPSA) is 79.4 Å². The van der Waals surface area contributed by atoms with Gasteiger partial charge in [0.25, 0.3) is 0 Å². The van der Waals surface area contributed by atoms with Crippen molar-refractivity contribution in [1.82, 2.24) is 9.78 Å². The third-order valence-electron chi connectivity index (χ3n) is 2.51. The number of nitrogens with two attached hydrogens (primary N) is 1. The van der Waals surface area contributed by atoms with E-state index in [9.17, 15) is 4.79 Å². The molecule has 1 aromatic carbocycles. The molecule has 1 heterocycles. The fourth-order valence-corrected chi connectivity index (χ4v) is 1.61. The van der Waals surface area contributed by atoms with E-state index < -0.39 is 5.97 Å². The van der Waals surface area contributed by atoms with Gasteiger partial charge in [-0.15, -0.1) is 0 Å². The quantitative estimate of drug-likeness (QED) is 0.649. The van der Waals surface area contributed by atoms with Gasteiger partial charge >= 0.3 is 5.97 Å². The number of nitrogen functional groups attached to an aromatic ring is 1. The van der Waals surface area contributed by atoms with Gasteiger partial charge in [0.2, 0.25) is 0 Å². The molecule has 0 atom stereocenters. The van der Waals surface area contributed by atoms with Crippen molar-refractivity contribution in [2.45, 2.75) is 6.54 Å². The van der Waals surface area contributed by atoms with Gasteiger partial charge in [0, 0.05) is 24.1 Å². The zero-order valence-corrected chi connectivity index (χ0v) is 10.6. The lowest BCUT2D eigenvalue weighted by Gasteiger charge is -2.07. The smallest absolute Gasteiger partial charge is 0.338 e. The van der Waals surface area contributed by atoms with E-state index in [1.165, 1.54) is 7.11 Å². The van der Waals surface area contributed by atoms with E-state index in [0.29, 0.717) is 23.5 Å². The Morgan fingerprint density at radius 3 is 2.95 bits per heavy atom. The summed E-state index contributed by atoms with van der Waals surface area (Å²) in [6.45, 7) is 0.760. The molecule has 0 amide bonds. The lowest BCUT2D eigenvalue weighted by atomic mass is 10.2. The lowest BCUT2D eigenvalue weighted by Crippen LogP contribution is -2.12. The Hall–Kier alpha value is -2.50. The number of carbonyl (C=O) groups is 1. The zero-order valence-electron chi connectivity index (χ0n) is 10.6. The Morgan fingerprint density at radius 1 is 1.42 bits per heavy atom. The summed E-state index contributed by atoms with van der Waals surface area (Å²) >= 11 is 0. The molecule has 0 aliphatic rings. The second kappa shape index (κ2) is 5.90. The standard InChI is InChI=1S/C13H15N3O3/c1-18-12-8-10(7-11(14)9-12)13(17)19-6-5-16-4-2-3-15-16/h2-4,7-9H,5-6,14H2,1H3. The highest BCUT2D eigenvalue weighted by atomic mass is 16.5. The van der Waals surface area contributed by atoms with E-state index in [1.807, 2.05) is 6.07 Å². The number of benzene rings is 1. The number of aromatic nitrogens is 2. The second-order valence-electron chi connectivity index (χ2n) is 3.90. The molecule has 6 nitrogen and oxygen atoms in total. The molecule has 0 saturated heterocycles. The number of nitrogens with zero attached hydrogens (tertiary/aromatic N) is 2. The normalized spacial score (nSPS) is 10.2. The van der Waals surface area contributed by atoms with Crippen LogP contribution in [0.1, 0.15) is 10.4 Å². The van der Waals surface area contributed by atoms with E-state index in [-0.39, 0.29) is 6.61 Å². The number of rotatable bonds is 5. The number of anilines is 1. The second-order valence-corrected chi connectivity index (χ2v) is 3.90. The number of esters is 1. The summed E-state index contributed by atoms with van der Waals surface area (Å²) in [7, 11) is 1.52. The van der Waals surface area contributed by atoms with E-state index >= 15 is 0 Å². The SMILES string of the molecule is COc1cc(N)cc(C(=O)OCCn2cccn2)c1. The predicted molar refractivity (Wildman–Crippen MR) is 69.9 cm³/mol. The molecule has 19 heavy (non-hydrogen) atoms. The summed E-state index contributed by atoms with van der Waals surface area (Å²) < 4.78 is 11.9. The highest BCUT2D eigenvalue weighted by Crippen LogP contribution is 2.19. The molecule has 0 aliphatic heterocycles. The molecule has 0 saturated carbocycles. The van der Waals surface area contributed by atoms with Gasteiger partial charge in [0.05, 0.1) is 19.2 Å². The Labute approximate surface area is 110 Å². The van der Waals surface area contributed by atoms with Crippen LogP contribution in [-0.4, -0.2) is 29.5 Å². The minimum atomic E-state index is -0.433. The first-order chi connectivity index (χ1) is 9.19. The van der Waals surface area contributed by atoms with Gasteiger partial charge in [0.15, 0.2) is 0 Å². The molecule has 0 fully saturated rings. The minimum absolute atomic E-state index is 0.248. The molecule has 2 rings (SSSR count). The molecule has 0 spiro atoms. The number of hydrogen-bond donors (Lipinski definition) is 1. The maximum atomic E-state index is 11.8. The average molecular weight is 261 g/mol. The van der Waals surface area contributed by atoms with Crippen LogP contribution in [0, 0.1) is 0 Å². The van der Waals surface area contributed by atoms with Crippen molar-refractivity contribution in [3.63, 3.8) is 0 Å². The van der Waals surface area contributed by atoms with Crippen molar-refractivity contribution in [1.29, 1.82) is 0 Å². The Balaban J connectivity index is 1.94. The zero-order chi connectivity index (χ0) is 13.7. The molecule has 2 aromatic rings. The van der Waals surface area contributed by atoms with Crippen LogP contribution in [-0.2, 0) is 11.3 Å². The van der Waals surface area contributed by atoms with Crippen LogP contribution in [0.5, 0.6) is 5.75 Å². The van der Waals surface area contributed by atoms with Crippen LogP contribution in [0.4, 0.5) is 5.69 Å². The van der Waals surface area contributed by atoms with Crippen molar-refractivity contribution < 1.29 is 14.3 Å². The van der Waals surface area contributed by atoms with Crippen LogP contribution in [0.15, 0.2) is 36.7 Å². The van der Waals surface area contributed by atoms with Crippen molar-refractivity contribution in [3.8, 4) is 5.75 Å². The van der Waals surface area contributed by atoms with Gasteiger partial charge in [-0.3, -0.25) is 4.68 Å². The highest BCUT2D eigenvalue weighted by Gasteiger charge is 2.09.